The molecule has 1 saturated heterocycles. The van der Waals surface area contributed by atoms with E-state index >= 15 is 0 Å². The zero-order valence-corrected chi connectivity index (χ0v) is 15.1. The van der Waals surface area contributed by atoms with Gasteiger partial charge in [-0.3, -0.25) is 4.57 Å². The van der Waals surface area contributed by atoms with E-state index in [-0.39, 0.29) is 0 Å². The minimum atomic E-state index is 0.589. The van der Waals surface area contributed by atoms with Crippen molar-refractivity contribution in [1.82, 2.24) is 9.55 Å². The quantitative estimate of drug-likeness (QED) is 0.714. The van der Waals surface area contributed by atoms with Crippen LogP contribution >= 0.6 is 11.6 Å². The van der Waals surface area contributed by atoms with E-state index in [0.717, 1.165) is 48.8 Å². The van der Waals surface area contributed by atoms with Crippen LogP contribution in [0.5, 0.6) is 5.75 Å². The Kier molecular flexibility index (Phi) is 4.27. The molecule has 1 aromatic heterocycles. The first-order valence-corrected chi connectivity index (χ1v) is 8.71. The van der Waals surface area contributed by atoms with Gasteiger partial charge in [0.1, 0.15) is 11.6 Å². The van der Waals surface area contributed by atoms with Gasteiger partial charge in [-0.15, -0.1) is 0 Å². The summed E-state index contributed by atoms with van der Waals surface area (Å²) in [5.74, 6) is 1.59. The van der Waals surface area contributed by atoms with E-state index in [0.29, 0.717) is 10.8 Å². The molecule has 130 valence electrons. The average Bonchev–Trinajstić information content (AvgIpc) is 2.97. The number of halogens is 1. The number of imidazole rings is 1. The van der Waals surface area contributed by atoms with Gasteiger partial charge in [-0.05, 0) is 43.3 Å². The number of benzene rings is 2. The maximum Gasteiger partial charge on any atom is 0.137 e. The van der Waals surface area contributed by atoms with E-state index in [2.05, 4.69) is 27.7 Å². The summed E-state index contributed by atoms with van der Waals surface area (Å²) in [4.78, 5) is 7.08. The van der Waals surface area contributed by atoms with Gasteiger partial charge in [-0.1, -0.05) is 11.6 Å². The molecule has 1 aliphatic heterocycles. The molecule has 0 bridgehead atoms. The smallest absolute Gasteiger partial charge is 0.137 e. The number of hydrogen-bond donors (Lipinski definition) is 0. The largest absolute Gasteiger partial charge is 0.495 e. The third-order valence-corrected chi connectivity index (χ3v) is 4.87. The molecule has 2 heterocycles. The van der Waals surface area contributed by atoms with E-state index in [9.17, 15) is 0 Å². The summed E-state index contributed by atoms with van der Waals surface area (Å²) >= 11 is 6.30. The van der Waals surface area contributed by atoms with Crippen LogP contribution in [0.2, 0.25) is 5.02 Å². The zero-order chi connectivity index (χ0) is 17.4. The summed E-state index contributed by atoms with van der Waals surface area (Å²) in [7, 11) is 1.62. The third-order valence-electron chi connectivity index (χ3n) is 4.58. The normalized spacial score (nSPS) is 14.9. The van der Waals surface area contributed by atoms with E-state index < -0.39 is 0 Å². The van der Waals surface area contributed by atoms with Gasteiger partial charge in [-0.25, -0.2) is 4.98 Å². The molecule has 0 spiro atoms. The van der Waals surface area contributed by atoms with Crippen LogP contribution in [0.1, 0.15) is 5.82 Å². The molecule has 0 N–H and O–H groups in total. The van der Waals surface area contributed by atoms with Crippen LogP contribution in [0.3, 0.4) is 0 Å². The van der Waals surface area contributed by atoms with Crippen LogP contribution < -0.4 is 9.64 Å². The number of morpholine rings is 1. The van der Waals surface area contributed by atoms with Gasteiger partial charge in [0.2, 0.25) is 0 Å². The minimum absolute atomic E-state index is 0.589. The first kappa shape index (κ1) is 16.2. The monoisotopic (exact) mass is 357 g/mol. The molecule has 0 amide bonds. The Hall–Kier alpha value is -2.24. The van der Waals surface area contributed by atoms with Crippen LogP contribution in [0, 0.1) is 6.92 Å². The van der Waals surface area contributed by atoms with Crippen LogP contribution in [-0.4, -0.2) is 43.0 Å². The van der Waals surface area contributed by atoms with Crippen LogP contribution in [0.4, 0.5) is 5.69 Å². The van der Waals surface area contributed by atoms with Crippen LogP contribution in [0.25, 0.3) is 16.7 Å². The number of hydrogen-bond acceptors (Lipinski definition) is 4. The Labute approximate surface area is 151 Å². The SMILES string of the molecule is COc1ccc(-n2c(C)nc3cc(N4CCOCC4)ccc32)cc1Cl. The molecule has 0 saturated carbocycles. The van der Waals surface area contributed by atoms with E-state index in [1.165, 1.54) is 5.69 Å². The number of rotatable bonds is 3. The molecule has 2 aromatic carbocycles. The van der Waals surface area contributed by atoms with Gasteiger partial charge in [0.05, 0.1) is 36.4 Å². The third kappa shape index (κ3) is 2.94. The average molecular weight is 358 g/mol. The van der Waals surface area contributed by atoms with Crippen molar-refractivity contribution in [1.29, 1.82) is 0 Å². The number of ether oxygens (including phenoxy) is 2. The number of aromatic nitrogens is 2. The zero-order valence-electron chi connectivity index (χ0n) is 14.3. The van der Waals surface area contributed by atoms with Crippen molar-refractivity contribution in [2.75, 3.05) is 38.3 Å². The first-order chi connectivity index (χ1) is 12.2. The number of fused-ring (bicyclic) bond motifs is 1. The summed E-state index contributed by atoms with van der Waals surface area (Å²) < 4.78 is 12.8. The summed E-state index contributed by atoms with van der Waals surface area (Å²) in [5, 5.41) is 0.589. The van der Waals surface area contributed by atoms with Gasteiger partial charge in [-0.2, -0.15) is 0 Å². The Bertz CT molecular complexity index is 916. The number of anilines is 1. The standard InChI is InChI=1S/C19H20ClN3O2/c1-13-21-17-12-14(22-7-9-25-10-8-22)3-5-18(17)23(13)15-4-6-19(24-2)16(20)11-15/h3-6,11-12H,7-10H2,1-2H3. The second-order valence-electron chi connectivity index (χ2n) is 6.09. The Morgan fingerprint density at radius 2 is 1.84 bits per heavy atom. The summed E-state index contributed by atoms with van der Waals surface area (Å²) in [5.41, 5.74) is 4.21. The van der Waals surface area contributed by atoms with Crippen molar-refractivity contribution in [2.24, 2.45) is 0 Å². The van der Waals surface area contributed by atoms with Crippen molar-refractivity contribution in [3.63, 3.8) is 0 Å². The predicted octanol–water partition coefficient (Wildman–Crippen LogP) is 3.83. The predicted molar refractivity (Wildman–Crippen MR) is 100 cm³/mol. The topological polar surface area (TPSA) is 39.5 Å². The lowest BCUT2D eigenvalue weighted by atomic mass is 10.2. The number of nitrogens with zero attached hydrogens (tertiary/aromatic N) is 3. The summed E-state index contributed by atoms with van der Waals surface area (Å²) in [6, 6.07) is 12.2. The van der Waals surface area contributed by atoms with E-state index in [1.54, 1.807) is 7.11 Å². The van der Waals surface area contributed by atoms with Crippen molar-refractivity contribution >= 4 is 28.3 Å². The Morgan fingerprint density at radius 1 is 1.08 bits per heavy atom. The molecule has 0 atom stereocenters. The van der Waals surface area contributed by atoms with Gasteiger partial charge in [0.25, 0.3) is 0 Å². The van der Waals surface area contributed by atoms with Gasteiger partial charge in [0.15, 0.2) is 0 Å². The molecule has 0 unspecified atom stereocenters. The number of aryl methyl sites for hydroxylation is 1. The Balaban J connectivity index is 1.77. The molecule has 4 rings (SSSR count). The lowest BCUT2D eigenvalue weighted by molar-refractivity contribution is 0.122. The molecule has 1 aliphatic rings. The second kappa shape index (κ2) is 6.58. The highest BCUT2D eigenvalue weighted by Gasteiger charge is 2.15. The molecular weight excluding hydrogens is 338 g/mol. The van der Waals surface area contributed by atoms with Gasteiger partial charge in [0, 0.05) is 24.5 Å². The fraction of sp³-hybridized carbons (Fsp3) is 0.316. The van der Waals surface area contributed by atoms with Crippen molar-refractivity contribution in [3.8, 4) is 11.4 Å². The summed E-state index contributed by atoms with van der Waals surface area (Å²) in [6.45, 7) is 5.39. The highest BCUT2D eigenvalue weighted by molar-refractivity contribution is 6.32. The van der Waals surface area contributed by atoms with Crippen molar-refractivity contribution < 1.29 is 9.47 Å². The lowest BCUT2D eigenvalue weighted by Crippen LogP contribution is -2.36. The fourth-order valence-electron chi connectivity index (χ4n) is 3.33. The lowest BCUT2D eigenvalue weighted by Gasteiger charge is -2.28. The molecule has 1 fully saturated rings. The number of methoxy groups -OCH3 is 1. The van der Waals surface area contributed by atoms with Crippen molar-refractivity contribution in [2.45, 2.75) is 6.92 Å². The first-order valence-electron chi connectivity index (χ1n) is 8.33. The highest BCUT2D eigenvalue weighted by atomic mass is 35.5. The molecule has 0 aliphatic carbocycles. The Morgan fingerprint density at radius 3 is 2.56 bits per heavy atom. The van der Waals surface area contributed by atoms with Gasteiger partial charge >= 0.3 is 0 Å². The fourth-order valence-corrected chi connectivity index (χ4v) is 3.58. The molecule has 3 aromatic rings. The van der Waals surface area contributed by atoms with Crippen LogP contribution in [0.15, 0.2) is 36.4 Å². The van der Waals surface area contributed by atoms with Gasteiger partial charge < -0.3 is 14.4 Å². The van der Waals surface area contributed by atoms with Crippen LogP contribution in [-0.2, 0) is 4.74 Å². The highest BCUT2D eigenvalue weighted by Crippen LogP contribution is 2.30. The molecule has 5 nitrogen and oxygen atoms in total. The molecule has 25 heavy (non-hydrogen) atoms. The molecule has 6 heteroatoms. The summed E-state index contributed by atoms with van der Waals surface area (Å²) in [6.07, 6.45) is 0. The second-order valence-corrected chi connectivity index (χ2v) is 6.49. The molecule has 0 radical (unpaired) electrons. The maximum absolute atomic E-state index is 6.30. The minimum Gasteiger partial charge on any atom is -0.495 e. The van der Waals surface area contributed by atoms with Crippen molar-refractivity contribution in [3.05, 3.63) is 47.2 Å². The van der Waals surface area contributed by atoms with E-state index in [1.807, 2.05) is 25.1 Å². The van der Waals surface area contributed by atoms with E-state index in [4.69, 9.17) is 26.1 Å². The maximum atomic E-state index is 6.30. The molecular formula is C19H20ClN3O2.